The fourth-order valence-electron chi connectivity index (χ4n) is 2.65. The Kier molecular flexibility index (Phi) is 6.05. The fourth-order valence-corrected chi connectivity index (χ4v) is 2.65. The number of rotatable bonds is 4. The quantitative estimate of drug-likeness (QED) is 0.898. The highest BCUT2D eigenvalue weighted by molar-refractivity contribution is 5.94. The summed E-state index contributed by atoms with van der Waals surface area (Å²) in [6.07, 6.45) is -3.43. The first-order chi connectivity index (χ1) is 11.7. The van der Waals surface area contributed by atoms with E-state index < -0.39 is 11.7 Å². The Morgan fingerprint density at radius 2 is 1.60 bits per heavy atom. The van der Waals surface area contributed by atoms with E-state index in [0.717, 1.165) is 12.1 Å². The van der Waals surface area contributed by atoms with E-state index in [1.807, 2.05) is 6.92 Å². The van der Waals surface area contributed by atoms with Crippen molar-refractivity contribution in [3.63, 3.8) is 0 Å². The first kappa shape index (κ1) is 19.2. The molecule has 0 radical (unpaired) electrons. The van der Waals surface area contributed by atoms with Gasteiger partial charge in [-0.3, -0.25) is 9.59 Å². The van der Waals surface area contributed by atoms with E-state index >= 15 is 0 Å². The molecule has 1 saturated heterocycles. The Hall–Kier alpha value is -2.09. The van der Waals surface area contributed by atoms with Crippen LogP contribution < -0.4 is 5.73 Å². The highest BCUT2D eigenvalue weighted by Crippen LogP contribution is 2.29. The Morgan fingerprint density at radius 3 is 2.08 bits per heavy atom. The molecule has 8 heteroatoms. The highest BCUT2D eigenvalue weighted by Gasteiger charge is 2.31. The molecule has 0 spiro atoms. The standard InChI is InChI=1S/C17H22F3N3O2/c1-12(21)2-7-15(24)22-8-10-23(11-9-22)16(25)13-3-5-14(6-4-13)17(18,19)20/h3-6,12H,2,7-11,21H2,1H3. The number of carbonyl (C=O) groups is 2. The number of piperazine rings is 1. The van der Waals surface area contributed by atoms with Gasteiger partial charge in [0.1, 0.15) is 0 Å². The average Bonchev–Trinajstić information content (AvgIpc) is 2.58. The molecule has 1 aromatic carbocycles. The number of hydrogen-bond acceptors (Lipinski definition) is 3. The molecule has 0 aliphatic carbocycles. The molecule has 25 heavy (non-hydrogen) atoms. The zero-order chi connectivity index (χ0) is 18.6. The third kappa shape index (κ3) is 5.19. The highest BCUT2D eigenvalue weighted by atomic mass is 19.4. The SMILES string of the molecule is CC(N)CCC(=O)N1CCN(C(=O)c2ccc(C(F)(F)F)cc2)CC1. The molecule has 138 valence electrons. The molecule has 1 heterocycles. The zero-order valence-electron chi connectivity index (χ0n) is 14.1. The van der Waals surface area contributed by atoms with Crippen LogP contribution in [0.2, 0.25) is 0 Å². The van der Waals surface area contributed by atoms with Crippen molar-refractivity contribution in [3.05, 3.63) is 35.4 Å². The molecule has 2 rings (SSSR count). The maximum absolute atomic E-state index is 12.6. The second kappa shape index (κ2) is 7.86. The molecule has 5 nitrogen and oxygen atoms in total. The minimum atomic E-state index is -4.42. The molecule has 2 N–H and O–H groups in total. The van der Waals surface area contributed by atoms with Crippen LogP contribution in [0.5, 0.6) is 0 Å². The summed E-state index contributed by atoms with van der Waals surface area (Å²) in [4.78, 5) is 27.7. The van der Waals surface area contributed by atoms with Crippen molar-refractivity contribution in [1.29, 1.82) is 0 Å². The molecular weight excluding hydrogens is 335 g/mol. The number of amides is 2. The molecule has 0 saturated carbocycles. The Bertz CT molecular complexity index is 607. The molecule has 2 amide bonds. The van der Waals surface area contributed by atoms with Crippen LogP contribution in [0, 0.1) is 0 Å². The average molecular weight is 357 g/mol. The van der Waals surface area contributed by atoms with E-state index in [4.69, 9.17) is 5.73 Å². The van der Waals surface area contributed by atoms with E-state index in [1.165, 1.54) is 12.1 Å². The lowest BCUT2D eigenvalue weighted by atomic mass is 10.1. The van der Waals surface area contributed by atoms with Crippen molar-refractivity contribution in [3.8, 4) is 0 Å². The molecule has 1 aromatic rings. The van der Waals surface area contributed by atoms with Gasteiger partial charge >= 0.3 is 6.18 Å². The largest absolute Gasteiger partial charge is 0.416 e. The van der Waals surface area contributed by atoms with Crippen molar-refractivity contribution < 1.29 is 22.8 Å². The summed E-state index contributed by atoms with van der Waals surface area (Å²) in [5, 5.41) is 0. The molecule has 0 bridgehead atoms. The first-order valence-electron chi connectivity index (χ1n) is 8.18. The molecule has 1 aliphatic rings. The summed E-state index contributed by atoms with van der Waals surface area (Å²) < 4.78 is 37.7. The van der Waals surface area contributed by atoms with Crippen molar-refractivity contribution >= 4 is 11.8 Å². The molecule has 1 fully saturated rings. The van der Waals surface area contributed by atoms with Gasteiger partial charge in [-0.1, -0.05) is 0 Å². The number of halogens is 3. The Balaban J connectivity index is 1.90. The van der Waals surface area contributed by atoms with E-state index in [9.17, 15) is 22.8 Å². The third-order valence-corrected chi connectivity index (χ3v) is 4.19. The lowest BCUT2D eigenvalue weighted by molar-refractivity contribution is -0.137. The van der Waals surface area contributed by atoms with Crippen LogP contribution in [-0.2, 0) is 11.0 Å². The van der Waals surface area contributed by atoms with E-state index in [2.05, 4.69) is 0 Å². The van der Waals surface area contributed by atoms with Gasteiger partial charge in [0.15, 0.2) is 0 Å². The number of alkyl halides is 3. The number of nitrogens with two attached hydrogens (primary N) is 1. The first-order valence-corrected chi connectivity index (χ1v) is 8.18. The fraction of sp³-hybridized carbons (Fsp3) is 0.529. The minimum absolute atomic E-state index is 0.0129. The van der Waals surface area contributed by atoms with Crippen LogP contribution in [-0.4, -0.2) is 53.8 Å². The second-order valence-corrected chi connectivity index (χ2v) is 6.26. The maximum atomic E-state index is 12.6. The van der Waals surface area contributed by atoms with Crippen LogP contribution >= 0.6 is 0 Å². The lowest BCUT2D eigenvalue weighted by Crippen LogP contribution is -2.50. The van der Waals surface area contributed by atoms with Gasteiger partial charge in [-0.2, -0.15) is 13.2 Å². The van der Waals surface area contributed by atoms with E-state index in [-0.39, 0.29) is 23.4 Å². The van der Waals surface area contributed by atoms with Gasteiger partial charge in [-0.05, 0) is 37.6 Å². The van der Waals surface area contributed by atoms with Crippen LogP contribution in [0.25, 0.3) is 0 Å². The van der Waals surface area contributed by atoms with Gasteiger partial charge in [0.05, 0.1) is 5.56 Å². The Morgan fingerprint density at radius 1 is 1.08 bits per heavy atom. The van der Waals surface area contributed by atoms with Crippen molar-refractivity contribution in [1.82, 2.24) is 9.80 Å². The van der Waals surface area contributed by atoms with E-state index in [1.54, 1.807) is 9.80 Å². The Labute approximate surface area is 144 Å². The summed E-state index contributed by atoms with van der Waals surface area (Å²) in [5.41, 5.74) is 5.07. The topological polar surface area (TPSA) is 66.6 Å². The predicted octanol–water partition coefficient (Wildman–Crippen LogP) is 2.12. The molecule has 1 aliphatic heterocycles. The summed E-state index contributed by atoms with van der Waals surface area (Å²) in [7, 11) is 0. The molecule has 0 aromatic heterocycles. The summed E-state index contributed by atoms with van der Waals surface area (Å²) in [6, 6.07) is 4.14. The van der Waals surface area contributed by atoms with Crippen LogP contribution in [0.15, 0.2) is 24.3 Å². The second-order valence-electron chi connectivity index (χ2n) is 6.26. The number of hydrogen-bond donors (Lipinski definition) is 1. The minimum Gasteiger partial charge on any atom is -0.339 e. The van der Waals surface area contributed by atoms with Gasteiger partial charge in [0.25, 0.3) is 5.91 Å². The third-order valence-electron chi connectivity index (χ3n) is 4.19. The zero-order valence-corrected chi connectivity index (χ0v) is 14.1. The lowest BCUT2D eigenvalue weighted by Gasteiger charge is -2.35. The molecular formula is C17H22F3N3O2. The molecule has 1 unspecified atom stereocenters. The maximum Gasteiger partial charge on any atom is 0.416 e. The van der Waals surface area contributed by atoms with E-state index in [0.29, 0.717) is 39.0 Å². The summed E-state index contributed by atoms with van der Waals surface area (Å²) >= 11 is 0. The number of benzene rings is 1. The monoisotopic (exact) mass is 357 g/mol. The van der Waals surface area contributed by atoms with Gasteiger partial charge in [0.2, 0.25) is 5.91 Å². The number of nitrogens with zero attached hydrogens (tertiary/aromatic N) is 2. The van der Waals surface area contributed by atoms with Gasteiger partial charge in [0, 0.05) is 44.2 Å². The summed E-state index contributed by atoms with van der Waals surface area (Å²) in [5.74, 6) is -0.310. The van der Waals surface area contributed by atoms with Crippen LogP contribution in [0.1, 0.15) is 35.7 Å². The predicted molar refractivity (Wildman–Crippen MR) is 86.8 cm³/mol. The number of carbonyl (C=O) groups excluding carboxylic acids is 2. The van der Waals surface area contributed by atoms with Gasteiger partial charge in [-0.25, -0.2) is 0 Å². The normalized spacial score (nSPS) is 16.7. The van der Waals surface area contributed by atoms with Gasteiger partial charge < -0.3 is 15.5 Å². The van der Waals surface area contributed by atoms with Crippen LogP contribution in [0.4, 0.5) is 13.2 Å². The van der Waals surface area contributed by atoms with Crippen molar-refractivity contribution in [2.45, 2.75) is 32.0 Å². The summed E-state index contributed by atoms with van der Waals surface area (Å²) in [6.45, 7) is 3.41. The van der Waals surface area contributed by atoms with Crippen molar-refractivity contribution in [2.75, 3.05) is 26.2 Å². The van der Waals surface area contributed by atoms with Gasteiger partial charge in [-0.15, -0.1) is 0 Å². The smallest absolute Gasteiger partial charge is 0.339 e. The van der Waals surface area contributed by atoms with Crippen LogP contribution in [0.3, 0.4) is 0 Å². The van der Waals surface area contributed by atoms with Crippen molar-refractivity contribution in [2.24, 2.45) is 5.73 Å². The molecule has 1 atom stereocenters.